The Morgan fingerprint density at radius 1 is 1.00 bits per heavy atom. The summed E-state index contributed by atoms with van der Waals surface area (Å²) in [7, 11) is 0. The second-order valence-electron chi connectivity index (χ2n) is 6.64. The van der Waals surface area contributed by atoms with Crippen LogP contribution in [0.25, 0.3) is 11.1 Å². The molecule has 26 heavy (non-hydrogen) atoms. The predicted octanol–water partition coefficient (Wildman–Crippen LogP) is 6.19. The maximum Gasteiger partial charge on any atom is 0.522 e. The fourth-order valence-corrected chi connectivity index (χ4v) is 3.55. The number of halogens is 5. The molecule has 140 valence electrons. The van der Waals surface area contributed by atoms with Crippen LogP contribution in [0, 0.1) is 5.92 Å². The third-order valence-corrected chi connectivity index (χ3v) is 4.90. The molecule has 0 spiro atoms. The zero-order chi connectivity index (χ0) is 18.8. The molecule has 0 aromatic heterocycles. The minimum atomic E-state index is -4.75. The molecule has 2 aromatic carbocycles. The smallest absolute Gasteiger partial charge is 0.292 e. The van der Waals surface area contributed by atoms with E-state index < -0.39 is 30.7 Å². The molecule has 2 aromatic rings. The predicted molar refractivity (Wildman–Crippen MR) is 88.9 cm³/mol. The van der Waals surface area contributed by atoms with Gasteiger partial charge in [-0.2, -0.15) is 0 Å². The van der Waals surface area contributed by atoms with Crippen LogP contribution in [0.1, 0.15) is 24.8 Å². The average molecular weight is 370 g/mol. The largest absolute Gasteiger partial charge is 0.522 e. The first-order valence-corrected chi connectivity index (χ1v) is 8.48. The van der Waals surface area contributed by atoms with E-state index in [1.807, 2.05) is 30.3 Å². The second kappa shape index (κ2) is 7.35. The van der Waals surface area contributed by atoms with Gasteiger partial charge in [0, 0.05) is 0 Å². The third kappa shape index (κ3) is 4.06. The van der Waals surface area contributed by atoms with E-state index in [1.54, 1.807) is 24.3 Å². The second-order valence-corrected chi connectivity index (χ2v) is 6.64. The third-order valence-electron chi connectivity index (χ3n) is 4.90. The van der Waals surface area contributed by atoms with E-state index in [9.17, 15) is 17.6 Å². The lowest BCUT2D eigenvalue weighted by molar-refractivity contribution is -0.329. The van der Waals surface area contributed by atoms with Crippen molar-refractivity contribution in [3.8, 4) is 11.1 Å². The van der Waals surface area contributed by atoms with Gasteiger partial charge in [0.15, 0.2) is 5.67 Å². The highest BCUT2D eigenvalue weighted by atomic mass is 19.4. The molecule has 0 heterocycles. The Balaban J connectivity index is 1.82. The molecule has 0 aliphatic heterocycles. The number of benzene rings is 2. The van der Waals surface area contributed by atoms with Gasteiger partial charge >= 0.3 is 6.36 Å². The van der Waals surface area contributed by atoms with Gasteiger partial charge in [-0.05, 0) is 41.9 Å². The lowest BCUT2D eigenvalue weighted by Gasteiger charge is -2.38. The topological polar surface area (TPSA) is 9.23 Å². The van der Waals surface area contributed by atoms with Gasteiger partial charge in [0.1, 0.15) is 6.17 Å². The summed E-state index contributed by atoms with van der Waals surface area (Å²) in [6, 6.07) is 15.8. The zero-order valence-electron chi connectivity index (χ0n) is 14.0. The van der Waals surface area contributed by atoms with Crippen molar-refractivity contribution in [2.75, 3.05) is 6.61 Å². The minimum Gasteiger partial charge on any atom is -0.292 e. The molecule has 3 rings (SSSR count). The summed E-state index contributed by atoms with van der Waals surface area (Å²) in [4.78, 5) is 0. The molecule has 1 aliphatic carbocycles. The minimum absolute atomic E-state index is 0.135. The Bertz CT molecular complexity index is 730. The molecular formula is C20H19F5O. The molecule has 6 heteroatoms. The SMILES string of the molecule is FC1CC(COC(F)(F)F)CCC1(F)c1ccccc1-c1ccccc1. The Hall–Kier alpha value is -1.95. The Kier molecular flexibility index (Phi) is 5.32. The van der Waals surface area contributed by atoms with Gasteiger partial charge in [-0.3, -0.25) is 4.74 Å². The summed E-state index contributed by atoms with van der Waals surface area (Å²) in [5.74, 6) is -0.653. The van der Waals surface area contributed by atoms with Gasteiger partial charge in [0.25, 0.3) is 0 Å². The van der Waals surface area contributed by atoms with Gasteiger partial charge < -0.3 is 0 Å². The summed E-state index contributed by atoms with van der Waals surface area (Å²) in [6.45, 7) is -0.639. The van der Waals surface area contributed by atoms with Crippen molar-refractivity contribution >= 4 is 0 Å². The molecule has 0 saturated heterocycles. The van der Waals surface area contributed by atoms with Crippen LogP contribution < -0.4 is 0 Å². The first-order chi connectivity index (χ1) is 12.3. The quantitative estimate of drug-likeness (QED) is 0.583. The maximum atomic E-state index is 15.7. The van der Waals surface area contributed by atoms with Crippen molar-refractivity contribution in [1.29, 1.82) is 0 Å². The molecule has 3 unspecified atom stereocenters. The van der Waals surface area contributed by atoms with Gasteiger partial charge in [0.05, 0.1) is 6.61 Å². The number of hydrogen-bond donors (Lipinski definition) is 0. The Morgan fingerprint density at radius 2 is 1.65 bits per heavy atom. The first-order valence-electron chi connectivity index (χ1n) is 8.48. The molecule has 0 amide bonds. The normalized spacial score (nSPS) is 26.7. The molecule has 0 bridgehead atoms. The van der Waals surface area contributed by atoms with E-state index in [1.165, 1.54) is 0 Å². The molecule has 1 fully saturated rings. The maximum absolute atomic E-state index is 15.7. The summed E-state index contributed by atoms with van der Waals surface area (Å²) in [6.07, 6.45) is -6.98. The highest BCUT2D eigenvalue weighted by Gasteiger charge is 2.47. The average Bonchev–Trinajstić information content (AvgIpc) is 2.63. The van der Waals surface area contributed by atoms with Crippen molar-refractivity contribution in [3.63, 3.8) is 0 Å². The van der Waals surface area contributed by atoms with Crippen LogP contribution in [0.2, 0.25) is 0 Å². The van der Waals surface area contributed by atoms with Crippen molar-refractivity contribution < 1.29 is 26.7 Å². The molecule has 3 atom stereocenters. The summed E-state index contributed by atoms with van der Waals surface area (Å²) in [5.41, 5.74) is -0.603. The van der Waals surface area contributed by atoms with Crippen molar-refractivity contribution in [3.05, 3.63) is 60.2 Å². The highest BCUT2D eigenvalue weighted by molar-refractivity contribution is 5.68. The number of alkyl halides is 5. The van der Waals surface area contributed by atoms with Gasteiger partial charge in [-0.25, -0.2) is 8.78 Å². The van der Waals surface area contributed by atoms with Gasteiger partial charge in [-0.15, -0.1) is 13.2 Å². The van der Waals surface area contributed by atoms with Crippen LogP contribution in [0.4, 0.5) is 22.0 Å². The lowest BCUT2D eigenvalue weighted by atomic mass is 9.73. The van der Waals surface area contributed by atoms with E-state index in [4.69, 9.17) is 0 Å². The van der Waals surface area contributed by atoms with Crippen LogP contribution in [-0.2, 0) is 10.4 Å². The first kappa shape index (κ1) is 18.8. The number of ether oxygens (including phenoxy) is 1. The van der Waals surface area contributed by atoms with Crippen LogP contribution in [-0.4, -0.2) is 19.1 Å². The van der Waals surface area contributed by atoms with Crippen LogP contribution in [0.5, 0.6) is 0 Å². The van der Waals surface area contributed by atoms with E-state index in [2.05, 4.69) is 4.74 Å². The summed E-state index contributed by atoms with van der Waals surface area (Å²) < 4.78 is 70.7. The highest BCUT2D eigenvalue weighted by Crippen LogP contribution is 2.47. The van der Waals surface area contributed by atoms with Gasteiger partial charge in [-0.1, -0.05) is 54.6 Å². The fraction of sp³-hybridized carbons (Fsp3) is 0.400. The van der Waals surface area contributed by atoms with E-state index >= 15 is 4.39 Å². The standard InChI is InChI=1S/C20H19F5O/c21-18-12-14(13-26-20(23,24)25)10-11-19(18,22)17-9-5-4-8-16(17)15-6-2-1-3-7-15/h1-9,14,18H,10-13H2. The Labute approximate surface area is 148 Å². The number of rotatable bonds is 4. The van der Waals surface area contributed by atoms with E-state index in [0.717, 1.165) is 5.56 Å². The summed E-state index contributed by atoms with van der Waals surface area (Å²) in [5, 5.41) is 0. The van der Waals surface area contributed by atoms with E-state index in [-0.39, 0.29) is 24.8 Å². The van der Waals surface area contributed by atoms with Gasteiger partial charge in [0.2, 0.25) is 0 Å². The number of hydrogen-bond acceptors (Lipinski definition) is 1. The molecule has 0 radical (unpaired) electrons. The molecule has 1 nitrogen and oxygen atoms in total. The van der Waals surface area contributed by atoms with Crippen LogP contribution in [0.15, 0.2) is 54.6 Å². The lowest BCUT2D eigenvalue weighted by Crippen LogP contribution is -2.40. The van der Waals surface area contributed by atoms with E-state index in [0.29, 0.717) is 5.56 Å². The van der Waals surface area contributed by atoms with Crippen LogP contribution >= 0.6 is 0 Å². The zero-order valence-corrected chi connectivity index (χ0v) is 14.0. The molecule has 1 aliphatic rings. The monoisotopic (exact) mass is 370 g/mol. The fourth-order valence-electron chi connectivity index (χ4n) is 3.55. The Morgan fingerprint density at radius 3 is 2.31 bits per heavy atom. The summed E-state index contributed by atoms with van der Waals surface area (Å²) >= 11 is 0. The van der Waals surface area contributed by atoms with Crippen molar-refractivity contribution in [1.82, 2.24) is 0 Å². The van der Waals surface area contributed by atoms with Crippen molar-refractivity contribution in [2.24, 2.45) is 5.92 Å². The molecular weight excluding hydrogens is 351 g/mol. The van der Waals surface area contributed by atoms with Crippen molar-refractivity contribution in [2.45, 2.75) is 37.5 Å². The van der Waals surface area contributed by atoms with Crippen LogP contribution in [0.3, 0.4) is 0 Å². The molecule has 1 saturated carbocycles. The molecule has 0 N–H and O–H groups in total.